The van der Waals surface area contributed by atoms with E-state index in [0.29, 0.717) is 19.3 Å². The maximum Gasteiger partial charge on any atom is 0.238 e. The lowest BCUT2D eigenvalue weighted by molar-refractivity contribution is -0.540. The molecule has 6 heteroatoms. The van der Waals surface area contributed by atoms with Crippen molar-refractivity contribution in [3.63, 3.8) is 0 Å². The Morgan fingerprint density at radius 1 is 1.32 bits per heavy atom. The van der Waals surface area contributed by atoms with Crippen LogP contribution in [0.15, 0.2) is 30.3 Å². The smallest absolute Gasteiger partial charge is 0.238 e. The summed E-state index contributed by atoms with van der Waals surface area (Å²) in [5, 5.41) is 13.9. The first kappa shape index (κ1) is 16.4. The third-order valence-electron chi connectivity index (χ3n) is 4.17. The Balaban J connectivity index is 2.18. The number of rotatable bonds is 7. The summed E-state index contributed by atoms with van der Waals surface area (Å²) in [7, 11) is 0. The molecule has 22 heavy (non-hydrogen) atoms. The molecule has 0 aromatic heterocycles. The Morgan fingerprint density at radius 2 is 2.00 bits per heavy atom. The Bertz CT molecular complexity index is 494. The van der Waals surface area contributed by atoms with Crippen molar-refractivity contribution in [2.24, 2.45) is 0 Å². The number of hydrogen-bond acceptors (Lipinski definition) is 4. The topological polar surface area (TPSA) is 81.5 Å². The second-order valence-corrected chi connectivity index (χ2v) is 5.72. The fraction of sp³-hybridized carbons (Fsp3) is 0.562. The van der Waals surface area contributed by atoms with Crippen LogP contribution in [-0.2, 0) is 9.53 Å². The van der Waals surface area contributed by atoms with Gasteiger partial charge in [0.15, 0.2) is 0 Å². The summed E-state index contributed by atoms with van der Waals surface area (Å²) in [6.45, 7) is 1.84. The van der Waals surface area contributed by atoms with Gasteiger partial charge < -0.3 is 10.1 Å². The maximum absolute atomic E-state index is 11.2. The van der Waals surface area contributed by atoms with Crippen molar-refractivity contribution < 1.29 is 14.5 Å². The molecule has 2 rings (SSSR count). The number of nitrogens with zero attached hydrogens (tertiary/aromatic N) is 1. The van der Waals surface area contributed by atoms with Crippen LogP contribution in [0, 0.1) is 10.1 Å². The third kappa shape index (κ3) is 4.04. The minimum Gasteiger partial charge on any atom is -0.361 e. The predicted molar refractivity (Wildman–Crippen MR) is 82.0 cm³/mol. The lowest BCUT2D eigenvalue weighted by Crippen LogP contribution is -2.42. The number of amides is 1. The lowest BCUT2D eigenvalue weighted by atomic mass is 9.92. The Kier molecular flexibility index (Phi) is 5.89. The van der Waals surface area contributed by atoms with Crippen LogP contribution in [0.25, 0.3) is 0 Å². The molecule has 0 aliphatic heterocycles. The van der Waals surface area contributed by atoms with E-state index in [1.807, 2.05) is 37.3 Å². The number of carbonyl (C=O) groups excluding carboxylic acids is 1. The van der Waals surface area contributed by atoms with Crippen LogP contribution in [0.5, 0.6) is 0 Å². The summed E-state index contributed by atoms with van der Waals surface area (Å²) < 4.78 is 6.10. The highest BCUT2D eigenvalue weighted by molar-refractivity contribution is 5.47. The predicted octanol–water partition coefficient (Wildman–Crippen LogP) is 2.47. The first-order valence-electron chi connectivity index (χ1n) is 7.67. The number of ether oxygens (including phenoxy) is 1. The molecule has 0 heterocycles. The van der Waals surface area contributed by atoms with Gasteiger partial charge in [-0.2, -0.15) is 0 Å². The molecule has 4 atom stereocenters. The van der Waals surface area contributed by atoms with E-state index in [4.69, 9.17) is 4.74 Å². The zero-order valence-corrected chi connectivity index (χ0v) is 12.7. The average Bonchev–Trinajstić information content (AvgIpc) is 2.53. The maximum atomic E-state index is 11.2. The summed E-state index contributed by atoms with van der Waals surface area (Å²) >= 11 is 0. The van der Waals surface area contributed by atoms with Crippen molar-refractivity contribution in [3.8, 4) is 0 Å². The first-order valence-corrected chi connectivity index (χ1v) is 7.67. The van der Waals surface area contributed by atoms with Crippen molar-refractivity contribution in [2.75, 3.05) is 0 Å². The van der Waals surface area contributed by atoms with E-state index < -0.39 is 18.2 Å². The minimum absolute atomic E-state index is 0.232. The Labute approximate surface area is 130 Å². The number of carbonyl (C=O) groups is 1. The van der Waals surface area contributed by atoms with Gasteiger partial charge in [-0.3, -0.25) is 14.9 Å². The van der Waals surface area contributed by atoms with Crippen molar-refractivity contribution >= 4 is 6.41 Å². The van der Waals surface area contributed by atoms with E-state index in [1.165, 1.54) is 0 Å². The molecular formula is C16H22N2O4. The SMILES string of the molecule is C[C@H](NC=O)[C@H](O[C@@H]1CCCC[C@@H]1[N+](=O)[O-])c1ccccc1. The number of nitro groups is 1. The molecule has 0 bridgehead atoms. The molecule has 1 fully saturated rings. The molecular weight excluding hydrogens is 284 g/mol. The zero-order chi connectivity index (χ0) is 15.9. The van der Waals surface area contributed by atoms with Crippen LogP contribution in [0.4, 0.5) is 0 Å². The van der Waals surface area contributed by atoms with Crippen LogP contribution in [0.2, 0.25) is 0 Å². The van der Waals surface area contributed by atoms with E-state index in [-0.39, 0.29) is 11.0 Å². The molecule has 1 aromatic carbocycles. The molecule has 0 saturated heterocycles. The number of benzene rings is 1. The summed E-state index contributed by atoms with van der Waals surface area (Å²) in [4.78, 5) is 21.7. The van der Waals surface area contributed by atoms with E-state index >= 15 is 0 Å². The molecule has 1 aliphatic carbocycles. The van der Waals surface area contributed by atoms with Gasteiger partial charge >= 0.3 is 0 Å². The third-order valence-corrected chi connectivity index (χ3v) is 4.17. The fourth-order valence-electron chi connectivity index (χ4n) is 2.99. The molecule has 0 unspecified atom stereocenters. The van der Waals surface area contributed by atoms with Crippen LogP contribution >= 0.6 is 0 Å². The van der Waals surface area contributed by atoms with Gasteiger partial charge in [-0.15, -0.1) is 0 Å². The van der Waals surface area contributed by atoms with Crippen molar-refractivity contribution in [1.29, 1.82) is 0 Å². The molecule has 1 aromatic rings. The number of hydrogen-bond donors (Lipinski definition) is 1. The van der Waals surface area contributed by atoms with E-state index in [0.717, 1.165) is 18.4 Å². The van der Waals surface area contributed by atoms with Gasteiger partial charge in [-0.25, -0.2) is 0 Å². The quantitative estimate of drug-likeness (QED) is 0.476. The minimum atomic E-state index is -0.664. The highest BCUT2D eigenvalue weighted by atomic mass is 16.6. The van der Waals surface area contributed by atoms with Gasteiger partial charge in [0.2, 0.25) is 12.5 Å². The van der Waals surface area contributed by atoms with Gasteiger partial charge in [-0.1, -0.05) is 36.8 Å². The largest absolute Gasteiger partial charge is 0.361 e. The van der Waals surface area contributed by atoms with Crippen molar-refractivity contribution in [3.05, 3.63) is 46.0 Å². The zero-order valence-electron chi connectivity index (χ0n) is 12.7. The summed E-state index contributed by atoms with van der Waals surface area (Å²) in [6, 6.07) is 8.60. The van der Waals surface area contributed by atoms with Gasteiger partial charge in [0.05, 0.1) is 6.04 Å². The Hall–Kier alpha value is -1.95. The lowest BCUT2D eigenvalue weighted by Gasteiger charge is -2.32. The van der Waals surface area contributed by atoms with Gasteiger partial charge in [0.25, 0.3) is 0 Å². The second-order valence-electron chi connectivity index (χ2n) is 5.72. The van der Waals surface area contributed by atoms with Crippen molar-refractivity contribution in [2.45, 2.75) is 56.9 Å². The fourth-order valence-corrected chi connectivity index (χ4v) is 2.99. The van der Waals surface area contributed by atoms with Crippen LogP contribution in [0.1, 0.15) is 44.3 Å². The molecule has 120 valence electrons. The monoisotopic (exact) mass is 306 g/mol. The highest BCUT2D eigenvalue weighted by Gasteiger charge is 2.37. The summed E-state index contributed by atoms with van der Waals surface area (Å²) in [5.74, 6) is 0. The van der Waals surface area contributed by atoms with E-state index in [2.05, 4.69) is 5.32 Å². The van der Waals surface area contributed by atoms with Gasteiger partial charge in [0, 0.05) is 11.3 Å². The normalized spacial score (nSPS) is 24.2. The van der Waals surface area contributed by atoms with E-state index in [9.17, 15) is 14.9 Å². The highest BCUT2D eigenvalue weighted by Crippen LogP contribution is 2.30. The van der Waals surface area contributed by atoms with Crippen molar-refractivity contribution in [1.82, 2.24) is 5.32 Å². The summed E-state index contributed by atoms with van der Waals surface area (Å²) in [6.07, 6.45) is 2.87. The molecule has 6 nitrogen and oxygen atoms in total. The van der Waals surface area contributed by atoms with Crippen LogP contribution in [-0.4, -0.2) is 29.5 Å². The molecule has 1 saturated carbocycles. The molecule has 0 spiro atoms. The Morgan fingerprint density at radius 3 is 2.64 bits per heavy atom. The van der Waals surface area contributed by atoms with Crippen LogP contribution < -0.4 is 5.32 Å². The van der Waals surface area contributed by atoms with Gasteiger partial charge in [-0.05, 0) is 25.3 Å². The average molecular weight is 306 g/mol. The standard InChI is InChI=1S/C16H22N2O4/c1-12(17-11-19)16(13-7-3-2-4-8-13)22-15-10-6-5-9-14(15)18(20)21/h2-4,7-8,11-12,14-16H,5-6,9-10H2,1H3,(H,17,19)/t12-,14-,15+,16-/m0/s1. The van der Waals surface area contributed by atoms with Gasteiger partial charge in [0.1, 0.15) is 12.2 Å². The summed E-state index contributed by atoms with van der Waals surface area (Å²) in [5.41, 5.74) is 0.914. The molecule has 0 radical (unpaired) electrons. The van der Waals surface area contributed by atoms with Crippen LogP contribution in [0.3, 0.4) is 0 Å². The molecule has 1 aliphatic rings. The second kappa shape index (κ2) is 7.89. The number of nitrogens with one attached hydrogen (secondary N) is 1. The molecule has 1 N–H and O–H groups in total. The molecule has 1 amide bonds. The first-order chi connectivity index (χ1) is 10.6. The van der Waals surface area contributed by atoms with E-state index in [1.54, 1.807) is 0 Å².